The highest BCUT2D eigenvalue weighted by molar-refractivity contribution is 5.70. The number of carbonyl (C=O) groups excluding carboxylic acids is 1. The summed E-state index contributed by atoms with van der Waals surface area (Å²) in [5.41, 5.74) is -0.412. The van der Waals surface area contributed by atoms with Gasteiger partial charge in [0, 0.05) is 19.8 Å². The lowest BCUT2D eigenvalue weighted by molar-refractivity contribution is -0.0651. The van der Waals surface area contributed by atoms with Crippen molar-refractivity contribution in [3.05, 3.63) is 0 Å². The zero-order valence-electron chi connectivity index (χ0n) is 8.78. The number of ether oxygens (including phenoxy) is 2. The van der Waals surface area contributed by atoms with Crippen molar-refractivity contribution < 1.29 is 19.4 Å². The number of carbonyl (C=O) groups is 1. The van der Waals surface area contributed by atoms with Crippen molar-refractivity contribution in [2.45, 2.75) is 24.9 Å². The topological polar surface area (TPSA) is 59.0 Å². The van der Waals surface area contributed by atoms with Crippen LogP contribution < -0.4 is 0 Å². The normalized spacial score (nSPS) is 31.0. The monoisotopic (exact) mass is 215 g/mol. The lowest BCUT2D eigenvalue weighted by Gasteiger charge is -2.30. The zero-order chi connectivity index (χ0) is 10.7. The van der Waals surface area contributed by atoms with E-state index in [4.69, 9.17) is 14.6 Å². The van der Waals surface area contributed by atoms with Gasteiger partial charge in [-0.2, -0.15) is 0 Å². The molecule has 2 fully saturated rings. The van der Waals surface area contributed by atoms with Gasteiger partial charge in [0.25, 0.3) is 0 Å². The molecule has 5 nitrogen and oxygen atoms in total. The molecule has 2 aliphatic rings. The van der Waals surface area contributed by atoms with Crippen molar-refractivity contribution in [2.24, 2.45) is 0 Å². The van der Waals surface area contributed by atoms with E-state index < -0.39 is 5.60 Å². The highest BCUT2D eigenvalue weighted by Crippen LogP contribution is 2.30. The molecule has 2 aliphatic heterocycles. The summed E-state index contributed by atoms with van der Waals surface area (Å²) >= 11 is 0. The summed E-state index contributed by atoms with van der Waals surface area (Å²) in [7, 11) is 0. The molecule has 86 valence electrons. The van der Waals surface area contributed by atoms with E-state index in [0.29, 0.717) is 26.1 Å². The van der Waals surface area contributed by atoms with Gasteiger partial charge < -0.3 is 19.5 Å². The van der Waals surface area contributed by atoms with E-state index in [9.17, 15) is 4.79 Å². The molecule has 2 rings (SSSR count). The van der Waals surface area contributed by atoms with Gasteiger partial charge in [0.15, 0.2) is 5.60 Å². The van der Waals surface area contributed by atoms with Crippen LogP contribution >= 0.6 is 0 Å². The Morgan fingerprint density at radius 1 is 1.53 bits per heavy atom. The van der Waals surface area contributed by atoms with Crippen molar-refractivity contribution in [2.75, 3.05) is 32.9 Å². The number of amides is 1. The van der Waals surface area contributed by atoms with Gasteiger partial charge in [-0.15, -0.1) is 0 Å². The van der Waals surface area contributed by atoms with Crippen molar-refractivity contribution in [1.29, 1.82) is 0 Å². The Morgan fingerprint density at radius 2 is 2.40 bits per heavy atom. The van der Waals surface area contributed by atoms with Gasteiger partial charge in [-0.3, -0.25) is 0 Å². The highest BCUT2D eigenvalue weighted by atomic mass is 16.6. The van der Waals surface area contributed by atoms with Crippen molar-refractivity contribution in [1.82, 2.24) is 4.90 Å². The van der Waals surface area contributed by atoms with Crippen LogP contribution in [0.2, 0.25) is 0 Å². The van der Waals surface area contributed by atoms with E-state index in [1.807, 2.05) is 0 Å². The standard InChI is InChI=1S/C10H17NO4/c12-5-2-4-11-7-10(15-9(11)13)3-1-6-14-8-10/h12H,1-8H2. The number of aliphatic hydroxyl groups is 1. The van der Waals surface area contributed by atoms with Crippen LogP contribution in [-0.2, 0) is 9.47 Å². The van der Waals surface area contributed by atoms with Gasteiger partial charge in [-0.25, -0.2) is 4.79 Å². The molecule has 0 saturated carbocycles. The van der Waals surface area contributed by atoms with Crippen LogP contribution in [0.3, 0.4) is 0 Å². The van der Waals surface area contributed by atoms with Crippen molar-refractivity contribution in [3.63, 3.8) is 0 Å². The van der Waals surface area contributed by atoms with E-state index in [-0.39, 0.29) is 12.7 Å². The Bertz CT molecular complexity index is 238. The van der Waals surface area contributed by atoms with Crippen LogP contribution in [0.25, 0.3) is 0 Å². The van der Waals surface area contributed by atoms with Crippen LogP contribution in [-0.4, -0.2) is 54.6 Å². The molecule has 0 bridgehead atoms. The summed E-state index contributed by atoms with van der Waals surface area (Å²) in [4.78, 5) is 13.2. The second kappa shape index (κ2) is 4.37. The number of hydrogen-bond acceptors (Lipinski definition) is 4. The molecule has 0 aromatic rings. The molecule has 5 heteroatoms. The first-order valence-electron chi connectivity index (χ1n) is 5.42. The fourth-order valence-electron chi connectivity index (χ4n) is 2.16. The second-order valence-corrected chi connectivity index (χ2v) is 4.21. The Labute approximate surface area is 89.0 Å². The molecular weight excluding hydrogens is 198 g/mol. The largest absolute Gasteiger partial charge is 0.438 e. The van der Waals surface area contributed by atoms with E-state index >= 15 is 0 Å². The van der Waals surface area contributed by atoms with Gasteiger partial charge in [0.1, 0.15) is 0 Å². The van der Waals surface area contributed by atoms with Gasteiger partial charge in [-0.1, -0.05) is 0 Å². The molecule has 0 aliphatic carbocycles. The van der Waals surface area contributed by atoms with Gasteiger partial charge in [0.05, 0.1) is 13.2 Å². The third kappa shape index (κ3) is 2.23. The van der Waals surface area contributed by atoms with E-state index in [2.05, 4.69) is 0 Å². The minimum absolute atomic E-state index is 0.104. The Morgan fingerprint density at radius 3 is 3.07 bits per heavy atom. The Balaban J connectivity index is 1.92. The molecule has 15 heavy (non-hydrogen) atoms. The first kappa shape index (κ1) is 10.7. The molecule has 1 N–H and O–H groups in total. The van der Waals surface area contributed by atoms with Crippen LogP contribution in [0.5, 0.6) is 0 Å². The van der Waals surface area contributed by atoms with Gasteiger partial charge in [0.2, 0.25) is 0 Å². The van der Waals surface area contributed by atoms with E-state index in [1.54, 1.807) is 4.90 Å². The van der Waals surface area contributed by atoms with Crippen LogP contribution in [0.15, 0.2) is 0 Å². The molecule has 2 saturated heterocycles. The summed E-state index contributed by atoms with van der Waals surface area (Å²) in [6.45, 7) is 2.54. The molecular formula is C10H17NO4. The third-order valence-electron chi connectivity index (χ3n) is 2.91. The minimum Gasteiger partial charge on any atom is -0.438 e. The molecule has 1 amide bonds. The summed E-state index contributed by atoms with van der Waals surface area (Å²) in [5.74, 6) is 0. The summed E-state index contributed by atoms with van der Waals surface area (Å²) in [6, 6.07) is 0. The maximum absolute atomic E-state index is 11.5. The predicted molar refractivity (Wildman–Crippen MR) is 52.5 cm³/mol. The maximum Gasteiger partial charge on any atom is 0.410 e. The number of aliphatic hydroxyl groups excluding tert-OH is 1. The quantitative estimate of drug-likeness (QED) is 0.739. The first-order valence-corrected chi connectivity index (χ1v) is 5.42. The molecule has 0 radical (unpaired) electrons. The lowest BCUT2D eigenvalue weighted by Crippen LogP contribution is -2.42. The Kier molecular flexibility index (Phi) is 3.11. The van der Waals surface area contributed by atoms with E-state index in [1.165, 1.54) is 0 Å². The predicted octanol–water partition coefficient (Wildman–Crippen LogP) is 0.370. The minimum atomic E-state index is -0.412. The maximum atomic E-state index is 11.5. The van der Waals surface area contributed by atoms with Crippen LogP contribution in [0, 0.1) is 0 Å². The number of nitrogens with zero attached hydrogens (tertiary/aromatic N) is 1. The van der Waals surface area contributed by atoms with Crippen molar-refractivity contribution >= 4 is 6.09 Å². The highest BCUT2D eigenvalue weighted by Gasteiger charge is 2.46. The molecule has 1 spiro atoms. The van der Waals surface area contributed by atoms with Crippen LogP contribution in [0.1, 0.15) is 19.3 Å². The average molecular weight is 215 g/mol. The lowest BCUT2D eigenvalue weighted by atomic mass is 9.97. The van der Waals surface area contributed by atoms with Gasteiger partial charge in [-0.05, 0) is 19.3 Å². The SMILES string of the molecule is O=C1OC2(CCCOC2)CN1CCCO. The summed E-state index contributed by atoms with van der Waals surface area (Å²) in [6.07, 6.45) is 2.16. The summed E-state index contributed by atoms with van der Waals surface area (Å²) < 4.78 is 10.7. The fraction of sp³-hybridized carbons (Fsp3) is 0.900. The average Bonchev–Trinajstić information content (AvgIpc) is 2.53. The first-order chi connectivity index (χ1) is 7.26. The van der Waals surface area contributed by atoms with Crippen molar-refractivity contribution in [3.8, 4) is 0 Å². The molecule has 1 atom stereocenters. The fourth-order valence-corrected chi connectivity index (χ4v) is 2.16. The smallest absolute Gasteiger partial charge is 0.410 e. The third-order valence-corrected chi connectivity index (χ3v) is 2.91. The second-order valence-electron chi connectivity index (χ2n) is 4.21. The van der Waals surface area contributed by atoms with Gasteiger partial charge >= 0.3 is 6.09 Å². The number of rotatable bonds is 3. The number of hydrogen-bond donors (Lipinski definition) is 1. The molecule has 1 unspecified atom stereocenters. The van der Waals surface area contributed by atoms with E-state index in [0.717, 1.165) is 19.4 Å². The molecule has 0 aromatic carbocycles. The van der Waals surface area contributed by atoms with Crippen LogP contribution in [0.4, 0.5) is 4.79 Å². The zero-order valence-corrected chi connectivity index (χ0v) is 8.78. The summed E-state index contributed by atoms with van der Waals surface area (Å²) in [5, 5.41) is 8.71. The Hall–Kier alpha value is -0.810. The molecule has 0 aromatic heterocycles. The molecule has 2 heterocycles.